The molecule has 24 heavy (non-hydrogen) atoms. The van der Waals surface area contributed by atoms with Crippen molar-refractivity contribution in [2.24, 2.45) is 5.92 Å². The van der Waals surface area contributed by atoms with Gasteiger partial charge in [0.2, 0.25) is 10.0 Å². The molecule has 0 aliphatic carbocycles. The standard InChI is InChI=1S/C15H22N2O6S/c1-10-4-5-12(24(21,22)17-6-7-23-3)8-13(10)14(18)16-9-11(2)15(19)20/h4-5,8,11,17H,6-7,9H2,1-3H3,(H,16,18)(H,19,20). The Hall–Kier alpha value is -1.97. The minimum atomic E-state index is -3.75. The molecule has 3 N–H and O–H groups in total. The maximum absolute atomic E-state index is 12.2. The van der Waals surface area contributed by atoms with Crippen LogP contribution in [-0.2, 0) is 19.6 Å². The number of methoxy groups -OCH3 is 1. The van der Waals surface area contributed by atoms with Crippen LogP contribution in [0.5, 0.6) is 0 Å². The Morgan fingerprint density at radius 3 is 2.58 bits per heavy atom. The lowest BCUT2D eigenvalue weighted by atomic mass is 10.1. The smallest absolute Gasteiger partial charge is 0.308 e. The van der Waals surface area contributed by atoms with Gasteiger partial charge in [0.25, 0.3) is 5.91 Å². The average molecular weight is 358 g/mol. The van der Waals surface area contributed by atoms with E-state index in [-0.39, 0.29) is 30.2 Å². The van der Waals surface area contributed by atoms with Gasteiger partial charge >= 0.3 is 5.97 Å². The highest BCUT2D eigenvalue weighted by Crippen LogP contribution is 2.15. The summed E-state index contributed by atoms with van der Waals surface area (Å²) >= 11 is 0. The number of hydrogen-bond donors (Lipinski definition) is 3. The maximum atomic E-state index is 12.2. The SMILES string of the molecule is COCCNS(=O)(=O)c1ccc(C)c(C(=O)NCC(C)C(=O)O)c1. The molecule has 1 aromatic rings. The third-order valence-corrected chi connectivity index (χ3v) is 4.81. The van der Waals surface area contributed by atoms with E-state index in [1.165, 1.54) is 32.2 Å². The summed E-state index contributed by atoms with van der Waals surface area (Å²) in [4.78, 5) is 22.9. The van der Waals surface area contributed by atoms with Gasteiger partial charge in [-0.05, 0) is 24.6 Å². The number of ether oxygens (including phenoxy) is 1. The molecule has 1 unspecified atom stereocenters. The molecule has 0 bridgehead atoms. The average Bonchev–Trinajstić information content (AvgIpc) is 2.52. The van der Waals surface area contributed by atoms with E-state index in [0.717, 1.165) is 0 Å². The van der Waals surface area contributed by atoms with Crippen molar-refractivity contribution in [1.82, 2.24) is 10.0 Å². The fourth-order valence-corrected chi connectivity index (χ4v) is 2.84. The number of nitrogens with one attached hydrogen (secondary N) is 2. The second-order valence-corrected chi connectivity index (χ2v) is 7.08. The van der Waals surface area contributed by atoms with Crippen LogP contribution in [0, 0.1) is 12.8 Å². The number of carboxylic acid groups (broad SMARTS) is 1. The molecule has 1 amide bonds. The molecule has 8 nitrogen and oxygen atoms in total. The maximum Gasteiger partial charge on any atom is 0.308 e. The van der Waals surface area contributed by atoms with Gasteiger partial charge in [0, 0.05) is 25.8 Å². The number of sulfonamides is 1. The zero-order chi connectivity index (χ0) is 18.3. The number of benzene rings is 1. The van der Waals surface area contributed by atoms with E-state index in [1.54, 1.807) is 6.92 Å². The number of amides is 1. The number of hydrogen-bond acceptors (Lipinski definition) is 5. The number of carbonyl (C=O) groups is 2. The predicted molar refractivity (Wildman–Crippen MR) is 87.4 cm³/mol. The van der Waals surface area contributed by atoms with Crippen LogP contribution >= 0.6 is 0 Å². The molecule has 1 rings (SSSR count). The van der Waals surface area contributed by atoms with Gasteiger partial charge in [-0.3, -0.25) is 9.59 Å². The van der Waals surface area contributed by atoms with Crippen LogP contribution in [0.1, 0.15) is 22.8 Å². The molecule has 0 saturated carbocycles. The van der Waals surface area contributed by atoms with E-state index in [2.05, 4.69) is 10.0 Å². The summed E-state index contributed by atoms with van der Waals surface area (Å²) in [5.41, 5.74) is 0.772. The fourth-order valence-electron chi connectivity index (χ4n) is 1.80. The monoisotopic (exact) mass is 358 g/mol. The van der Waals surface area contributed by atoms with Crippen LogP contribution in [-0.4, -0.2) is 52.2 Å². The lowest BCUT2D eigenvalue weighted by Crippen LogP contribution is -2.32. The highest BCUT2D eigenvalue weighted by Gasteiger charge is 2.19. The van der Waals surface area contributed by atoms with Gasteiger partial charge < -0.3 is 15.2 Å². The minimum absolute atomic E-state index is 0.0411. The van der Waals surface area contributed by atoms with Gasteiger partial charge in [-0.2, -0.15) is 0 Å². The third-order valence-electron chi connectivity index (χ3n) is 3.35. The summed E-state index contributed by atoms with van der Waals surface area (Å²) < 4.78 is 31.5. The molecule has 0 aliphatic rings. The molecule has 134 valence electrons. The summed E-state index contributed by atoms with van der Waals surface area (Å²) in [7, 11) is -2.30. The largest absolute Gasteiger partial charge is 0.481 e. The molecule has 0 heterocycles. The molecule has 0 fully saturated rings. The van der Waals surface area contributed by atoms with Crippen molar-refractivity contribution in [1.29, 1.82) is 0 Å². The van der Waals surface area contributed by atoms with Crippen molar-refractivity contribution in [3.63, 3.8) is 0 Å². The van der Waals surface area contributed by atoms with E-state index < -0.39 is 27.8 Å². The van der Waals surface area contributed by atoms with E-state index in [4.69, 9.17) is 9.84 Å². The third kappa shape index (κ3) is 5.59. The normalized spacial score (nSPS) is 12.6. The Balaban J connectivity index is 2.93. The van der Waals surface area contributed by atoms with Gasteiger partial charge in [-0.15, -0.1) is 0 Å². The highest BCUT2D eigenvalue weighted by atomic mass is 32.2. The Kier molecular flexibility index (Phi) is 7.33. The Morgan fingerprint density at radius 2 is 2.00 bits per heavy atom. The van der Waals surface area contributed by atoms with Crippen LogP contribution in [0.25, 0.3) is 0 Å². The summed E-state index contributed by atoms with van der Waals surface area (Å²) in [6, 6.07) is 4.20. The van der Waals surface area contributed by atoms with Crippen molar-refractivity contribution < 1.29 is 27.9 Å². The van der Waals surface area contributed by atoms with Gasteiger partial charge in [0.15, 0.2) is 0 Å². The molecular formula is C15H22N2O6S. The summed E-state index contributed by atoms with van der Waals surface area (Å²) in [6.45, 7) is 3.44. The van der Waals surface area contributed by atoms with Crippen LogP contribution in [0.15, 0.2) is 23.1 Å². The van der Waals surface area contributed by atoms with Crippen molar-refractivity contribution in [3.8, 4) is 0 Å². The first-order chi connectivity index (χ1) is 11.2. The lowest BCUT2D eigenvalue weighted by molar-refractivity contribution is -0.140. The first-order valence-corrected chi connectivity index (χ1v) is 8.77. The van der Waals surface area contributed by atoms with Crippen LogP contribution in [0.4, 0.5) is 0 Å². The molecule has 1 atom stereocenters. The van der Waals surface area contributed by atoms with Crippen molar-refractivity contribution in [3.05, 3.63) is 29.3 Å². The van der Waals surface area contributed by atoms with E-state index in [1.807, 2.05) is 0 Å². The summed E-state index contributed by atoms with van der Waals surface area (Å²) in [5, 5.41) is 11.3. The zero-order valence-corrected chi connectivity index (χ0v) is 14.6. The first kappa shape index (κ1) is 20.1. The van der Waals surface area contributed by atoms with E-state index in [9.17, 15) is 18.0 Å². The van der Waals surface area contributed by atoms with E-state index >= 15 is 0 Å². The number of aryl methyl sites for hydroxylation is 1. The van der Waals surface area contributed by atoms with Crippen molar-refractivity contribution >= 4 is 21.9 Å². The summed E-state index contributed by atoms with van der Waals surface area (Å²) in [5.74, 6) is -2.28. The minimum Gasteiger partial charge on any atom is -0.481 e. The molecule has 1 aromatic carbocycles. The number of rotatable bonds is 9. The Morgan fingerprint density at radius 1 is 1.33 bits per heavy atom. The number of carboxylic acids is 1. The van der Waals surface area contributed by atoms with E-state index in [0.29, 0.717) is 5.56 Å². The van der Waals surface area contributed by atoms with Gasteiger partial charge in [-0.25, -0.2) is 13.1 Å². The van der Waals surface area contributed by atoms with Crippen LogP contribution < -0.4 is 10.0 Å². The molecule has 0 radical (unpaired) electrons. The Bertz CT molecular complexity index is 702. The van der Waals surface area contributed by atoms with Crippen LogP contribution in [0.2, 0.25) is 0 Å². The predicted octanol–water partition coefficient (Wildman–Crippen LogP) is 0.370. The topological polar surface area (TPSA) is 122 Å². The van der Waals surface area contributed by atoms with Crippen molar-refractivity contribution in [2.45, 2.75) is 18.7 Å². The van der Waals surface area contributed by atoms with Crippen LogP contribution in [0.3, 0.4) is 0 Å². The quantitative estimate of drug-likeness (QED) is 0.548. The van der Waals surface area contributed by atoms with Crippen molar-refractivity contribution in [2.75, 3.05) is 26.8 Å². The first-order valence-electron chi connectivity index (χ1n) is 7.29. The lowest BCUT2D eigenvalue weighted by Gasteiger charge is -2.12. The molecule has 0 spiro atoms. The fraction of sp³-hybridized carbons (Fsp3) is 0.467. The number of aliphatic carboxylic acids is 1. The highest BCUT2D eigenvalue weighted by molar-refractivity contribution is 7.89. The zero-order valence-electron chi connectivity index (χ0n) is 13.8. The summed E-state index contributed by atoms with van der Waals surface area (Å²) in [6.07, 6.45) is 0. The molecule has 0 saturated heterocycles. The second-order valence-electron chi connectivity index (χ2n) is 5.32. The van der Waals surface area contributed by atoms with Gasteiger partial charge in [-0.1, -0.05) is 13.0 Å². The van der Waals surface area contributed by atoms with Gasteiger partial charge in [0.1, 0.15) is 0 Å². The molecule has 0 aliphatic heterocycles. The second kappa shape index (κ2) is 8.76. The molecule has 9 heteroatoms. The Labute approximate surface area is 141 Å². The molecular weight excluding hydrogens is 336 g/mol. The number of carbonyl (C=O) groups excluding carboxylic acids is 1. The molecule has 0 aromatic heterocycles. The van der Waals surface area contributed by atoms with Gasteiger partial charge in [0.05, 0.1) is 17.4 Å².